The lowest BCUT2D eigenvalue weighted by Gasteiger charge is -2.00. The van der Waals surface area contributed by atoms with Crippen molar-refractivity contribution in [3.05, 3.63) is 60.4 Å². The van der Waals surface area contributed by atoms with Gasteiger partial charge in [0.1, 0.15) is 18.0 Å². The molecule has 0 radical (unpaired) electrons. The average Bonchev–Trinajstić information content (AvgIpc) is 2.92. The molecular formula is C17H18O2. The predicted molar refractivity (Wildman–Crippen MR) is 78.9 cm³/mol. The first kappa shape index (κ1) is 13.4. The van der Waals surface area contributed by atoms with Gasteiger partial charge >= 0.3 is 0 Å². The summed E-state index contributed by atoms with van der Waals surface area (Å²) in [4.78, 5) is 0. The number of hydrogen-bond acceptors (Lipinski definition) is 2. The van der Waals surface area contributed by atoms with Crippen molar-refractivity contribution >= 4 is 11.0 Å². The molecule has 2 heteroatoms. The van der Waals surface area contributed by atoms with Crippen LogP contribution < -0.4 is 0 Å². The molecule has 0 aliphatic rings. The molecule has 3 aromatic rings. The molecule has 0 saturated heterocycles. The van der Waals surface area contributed by atoms with Gasteiger partial charge in [-0.1, -0.05) is 50.2 Å². The summed E-state index contributed by atoms with van der Waals surface area (Å²) in [6, 6.07) is 18.1. The van der Waals surface area contributed by atoms with Crippen molar-refractivity contribution < 1.29 is 9.52 Å². The summed E-state index contributed by atoms with van der Waals surface area (Å²) in [6.07, 6.45) is 0. The van der Waals surface area contributed by atoms with E-state index in [9.17, 15) is 0 Å². The molecule has 2 aromatic carbocycles. The number of furan rings is 1. The van der Waals surface area contributed by atoms with Crippen LogP contribution in [0.3, 0.4) is 0 Å². The van der Waals surface area contributed by atoms with E-state index in [2.05, 4.69) is 18.2 Å². The fourth-order valence-electron chi connectivity index (χ4n) is 1.99. The lowest BCUT2D eigenvalue weighted by molar-refractivity contribution is 0.251. The van der Waals surface area contributed by atoms with Crippen LogP contribution in [0, 0.1) is 0 Å². The first-order valence-electron chi connectivity index (χ1n) is 6.55. The fourth-order valence-corrected chi connectivity index (χ4v) is 1.99. The van der Waals surface area contributed by atoms with E-state index in [0.717, 1.165) is 16.5 Å². The van der Waals surface area contributed by atoms with E-state index >= 15 is 0 Å². The Kier molecular flexibility index (Phi) is 4.37. The maximum atomic E-state index is 9.03. The van der Waals surface area contributed by atoms with Crippen molar-refractivity contribution in [1.29, 1.82) is 0 Å². The van der Waals surface area contributed by atoms with Crippen LogP contribution in [0.2, 0.25) is 0 Å². The zero-order valence-electron chi connectivity index (χ0n) is 11.3. The third-order valence-corrected chi connectivity index (χ3v) is 2.83. The second-order valence-corrected chi connectivity index (χ2v) is 3.99. The Morgan fingerprint density at radius 2 is 1.63 bits per heavy atom. The topological polar surface area (TPSA) is 33.4 Å². The van der Waals surface area contributed by atoms with E-state index < -0.39 is 0 Å². The molecule has 1 aromatic heterocycles. The Labute approximate surface area is 113 Å². The normalized spacial score (nSPS) is 10.1. The van der Waals surface area contributed by atoms with Crippen LogP contribution in [0.1, 0.15) is 19.6 Å². The Morgan fingerprint density at radius 1 is 0.895 bits per heavy atom. The summed E-state index contributed by atoms with van der Waals surface area (Å²) >= 11 is 0. The Bertz CT molecular complexity index is 639. The highest BCUT2D eigenvalue weighted by atomic mass is 16.4. The summed E-state index contributed by atoms with van der Waals surface area (Å²) < 4.78 is 5.46. The van der Waals surface area contributed by atoms with Crippen LogP contribution in [0.15, 0.2) is 59.0 Å². The standard InChI is InChI=1S/C15H12O2.C2H6/c16-10-14-9-13-8-12(6-7-15(13)17-14)11-4-2-1-3-5-11;1-2/h1-9,16H,10H2;1-2H3. The van der Waals surface area contributed by atoms with E-state index in [0.29, 0.717) is 5.76 Å². The highest BCUT2D eigenvalue weighted by Crippen LogP contribution is 2.26. The molecule has 0 aliphatic heterocycles. The third-order valence-electron chi connectivity index (χ3n) is 2.83. The zero-order chi connectivity index (χ0) is 13.7. The number of fused-ring (bicyclic) bond motifs is 1. The Morgan fingerprint density at radius 3 is 2.32 bits per heavy atom. The van der Waals surface area contributed by atoms with Crippen LogP contribution in [0.5, 0.6) is 0 Å². The van der Waals surface area contributed by atoms with Crippen molar-refractivity contribution in [2.75, 3.05) is 0 Å². The molecule has 3 rings (SSSR count). The van der Waals surface area contributed by atoms with Crippen LogP contribution in [0.4, 0.5) is 0 Å². The largest absolute Gasteiger partial charge is 0.459 e. The second-order valence-electron chi connectivity index (χ2n) is 3.99. The molecule has 0 aliphatic carbocycles. The van der Waals surface area contributed by atoms with E-state index in [1.165, 1.54) is 5.56 Å². The minimum Gasteiger partial charge on any atom is -0.459 e. The number of rotatable bonds is 2. The highest BCUT2D eigenvalue weighted by Gasteiger charge is 2.04. The lowest BCUT2D eigenvalue weighted by atomic mass is 10.0. The van der Waals surface area contributed by atoms with Gasteiger partial charge in [0, 0.05) is 5.39 Å². The van der Waals surface area contributed by atoms with E-state index in [4.69, 9.17) is 9.52 Å². The highest BCUT2D eigenvalue weighted by molar-refractivity contribution is 5.84. The van der Waals surface area contributed by atoms with Gasteiger partial charge in [0.25, 0.3) is 0 Å². The molecule has 0 unspecified atom stereocenters. The molecular weight excluding hydrogens is 236 g/mol. The summed E-state index contributed by atoms with van der Waals surface area (Å²) in [5, 5.41) is 10.1. The summed E-state index contributed by atoms with van der Waals surface area (Å²) in [5.41, 5.74) is 3.15. The van der Waals surface area contributed by atoms with Gasteiger partial charge in [-0.25, -0.2) is 0 Å². The molecule has 19 heavy (non-hydrogen) atoms. The van der Waals surface area contributed by atoms with Gasteiger partial charge < -0.3 is 9.52 Å². The quantitative estimate of drug-likeness (QED) is 0.724. The summed E-state index contributed by atoms with van der Waals surface area (Å²) in [5.74, 6) is 0.602. The molecule has 0 fully saturated rings. The molecule has 1 heterocycles. The molecule has 98 valence electrons. The van der Waals surface area contributed by atoms with Gasteiger partial charge in [-0.05, 0) is 29.3 Å². The van der Waals surface area contributed by atoms with Crippen LogP contribution in [-0.4, -0.2) is 5.11 Å². The van der Waals surface area contributed by atoms with Gasteiger partial charge in [-0.2, -0.15) is 0 Å². The van der Waals surface area contributed by atoms with Gasteiger partial charge in [0.15, 0.2) is 0 Å². The lowest BCUT2D eigenvalue weighted by Crippen LogP contribution is -1.75. The molecule has 0 spiro atoms. The number of aliphatic hydroxyl groups excluding tert-OH is 1. The third kappa shape index (κ3) is 2.85. The first-order chi connectivity index (χ1) is 9.36. The van der Waals surface area contributed by atoms with E-state index in [1.54, 1.807) is 0 Å². The fraction of sp³-hybridized carbons (Fsp3) is 0.176. The zero-order valence-corrected chi connectivity index (χ0v) is 11.3. The summed E-state index contributed by atoms with van der Waals surface area (Å²) in [6.45, 7) is 3.94. The summed E-state index contributed by atoms with van der Waals surface area (Å²) in [7, 11) is 0. The Balaban J connectivity index is 0.000000637. The number of benzene rings is 2. The van der Waals surface area contributed by atoms with Crippen molar-refractivity contribution in [1.82, 2.24) is 0 Å². The van der Waals surface area contributed by atoms with E-state index in [-0.39, 0.29) is 6.61 Å². The van der Waals surface area contributed by atoms with Crippen LogP contribution in [-0.2, 0) is 6.61 Å². The average molecular weight is 254 g/mol. The molecule has 1 N–H and O–H groups in total. The van der Waals surface area contributed by atoms with Crippen LogP contribution in [0.25, 0.3) is 22.1 Å². The SMILES string of the molecule is CC.OCc1cc2cc(-c3ccccc3)ccc2o1. The second kappa shape index (κ2) is 6.21. The predicted octanol–water partition coefficient (Wildman–Crippen LogP) is 4.62. The minimum absolute atomic E-state index is 0.0602. The van der Waals surface area contributed by atoms with Crippen molar-refractivity contribution in [2.45, 2.75) is 20.5 Å². The molecule has 0 bridgehead atoms. The first-order valence-corrected chi connectivity index (χ1v) is 6.55. The minimum atomic E-state index is -0.0602. The smallest absolute Gasteiger partial charge is 0.134 e. The maximum Gasteiger partial charge on any atom is 0.134 e. The van der Waals surface area contributed by atoms with Gasteiger partial charge in [0.05, 0.1) is 0 Å². The van der Waals surface area contributed by atoms with Gasteiger partial charge in [-0.3, -0.25) is 0 Å². The van der Waals surface area contributed by atoms with Gasteiger partial charge in [0.2, 0.25) is 0 Å². The van der Waals surface area contributed by atoms with Crippen molar-refractivity contribution in [2.24, 2.45) is 0 Å². The molecule has 0 amide bonds. The maximum absolute atomic E-state index is 9.03. The van der Waals surface area contributed by atoms with E-state index in [1.807, 2.05) is 50.2 Å². The van der Waals surface area contributed by atoms with Gasteiger partial charge in [-0.15, -0.1) is 0 Å². The molecule has 2 nitrogen and oxygen atoms in total. The number of hydrogen-bond donors (Lipinski definition) is 1. The number of aliphatic hydroxyl groups is 1. The van der Waals surface area contributed by atoms with Crippen LogP contribution >= 0.6 is 0 Å². The molecule has 0 saturated carbocycles. The molecule has 0 atom stereocenters. The monoisotopic (exact) mass is 254 g/mol. The van der Waals surface area contributed by atoms with Crippen molar-refractivity contribution in [3.63, 3.8) is 0 Å². The Hall–Kier alpha value is -2.06. The van der Waals surface area contributed by atoms with Crippen molar-refractivity contribution in [3.8, 4) is 11.1 Å².